The Morgan fingerprint density at radius 2 is 1.62 bits per heavy atom. The van der Waals surface area contributed by atoms with Gasteiger partial charge in [0.15, 0.2) is 0 Å². The largest absolute Gasteiger partial charge is 0.481 e. The predicted octanol–water partition coefficient (Wildman–Crippen LogP) is 5.14. The van der Waals surface area contributed by atoms with Crippen molar-refractivity contribution >= 4 is 23.2 Å². The molecule has 0 heterocycles. The van der Waals surface area contributed by atoms with Crippen molar-refractivity contribution in [2.75, 3.05) is 0 Å². The summed E-state index contributed by atoms with van der Waals surface area (Å²) in [6.07, 6.45) is 5.24. The number of rotatable bonds is 5. The minimum atomic E-state index is -0.602. The van der Waals surface area contributed by atoms with E-state index in [1.54, 1.807) is 42.5 Å². The Morgan fingerprint density at radius 1 is 1.03 bits per heavy atom. The Labute approximate surface area is 169 Å². The number of carbonyl (C=O) groups is 2. The van der Waals surface area contributed by atoms with Gasteiger partial charge in [0, 0.05) is 11.6 Å². The maximum absolute atomic E-state index is 11.6. The summed E-state index contributed by atoms with van der Waals surface area (Å²) in [5.41, 5.74) is 1.55. The maximum Gasteiger partial charge on any atom is 0.306 e. The highest BCUT2D eigenvalue weighted by Crippen LogP contribution is 2.29. The van der Waals surface area contributed by atoms with Crippen LogP contribution in [0.25, 0.3) is 11.1 Å². The molecule has 0 bridgehead atoms. The van der Waals surface area contributed by atoms with E-state index in [9.17, 15) is 19.7 Å². The van der Waals surface area contributed by atoms with E-state index in [1.165, 1.54) is 19.4 Å². The monoisotopic (exact) mass is 396 g/mol. The SMILES string of the molecule is CC(=N)C(=O)c1ccc(-c2ccccc2[N+](=O)[O-])cc1.O=C(O)C1CCCCC1. The summed E-state index contributed by atoms with van der Waals surface area (Å²) in [6.45, 7) is 1.43. The van der Waals surface area contributed by atoms with Crippen molar-refractivity contribution in [2.24, 2.45) is 5.92 Å². The van der Waals surface area contributed by atoms with Gasteiger partial charge in [-0.2, -0.15) is 0 Å². The van der Waals surface area contributed by atoms with Crippen LogP contribution >= 0.6 is 0 Å². The van der Waals surface area contributed by atoms with Crippen LogP contribution in [0.15, 0.2) is 48.5 Å². The lowest BCUT2D eigenvalue weighted by atomic mass is 9.90. The Morgan fingerprint density at radius 3 is 2.10 bits per heavy atom. The molecular formula is C22H24N2O5. The number of nitrogens with one attached hydrogen (secondary N) is 1. The summed E-state index contributed by atoms with van der Waals surface area (Å²) in [4.78, 5) is 32.5. The molecule has 0 amide bonds. The van der Waals surface area contributed by atoms with Crippen LogP contribution in [-0.4, -0.2) is 27.5 Å². The highest BCUT2D eigenvalue weighted by atomic mass is 16.6. The van der Waals surface area contributed by atoms with Crippen LogP contribution in [0.5, 0.6) is 0 Å². The van der Waals surface area contributed by atoms with Crippen molar-refractivity contribution in [1.29, 1.82) is 5.41 Å². The quantitative estimate of drug-likeness (QED) is 0.314. The highest BCUT2D eigenvalue weighted by molar-refractivity contribution is 6.44. The van der Waals surface area contributed by atoms with Crippen LogP contribution in [0.3, 0.4) is 0 Å². The van der Waals surface area contributed by atoms with Gasteiger partial charge in [-0.3, -0.25) is 19.7 Å². The third kappa shape index (κ3) is 6.07. The number of hydrogen-bond acceptors (Lipinski definition) is 5. The first kappa shape index (κ1) is 21.9. The number of carboxylic acids is 1. The number of aliphatic carboxylic acids is 1. The first-order chi connectivity index (χ1) is 13.8. The molecule has 0 unspecified atom stereocenters. The fourth-order valence-electron chi connectivity index (χ4n) is 3.24. The van der Waals surface area contributed by atoms with Crippen molar-refractivity contribution in [2.45, 2.75) is 39.0 Å². The number of hydrogen-bond donors (Lipinski definition) is 2. The van der Waals surface area contributed by atoms with Gasteiger partial charge in [0.25, 0.3) is 5.69 Å². The van der Waals surface area contributed by atoms with Gasteiger partial charge in [0.05, 0.1) is 22.1 Å². The third-order valence-electron chi connectivity index (χ3n) is 4.85. The average Bonchev–Trinajstić information content (AvgIpc) is 2.74. The second kappa shape index (κ2) is 10.3. The van der Waals surface area contributed by atoms with Crippen molar-refractivity contribution in [3.63, 3.8) is 0 Å². The third-order valence-corrected chi connectivity index (χ3v) is 4.85. The second-order valence-corrected chi connectivity index (χ2v) is 6.98. The van der Waals surface area contributed by atoms with E-state index < -0.39 is 10.9 Å². The van der Waals surface area contributed by atoms with Gasteiger partial charge in [-0.25, -0.2) is 0 Å². The van der Waals surface area contributed by atoms with Gasteiger partial charge in [-0.1, -0.05) is 55.7 Å². The fraction of sp³-hybridized carbons (Fsp3) is 0.318. The van der Waals surface area contributed by atoms with E-state index in [0.717, 1.165) is 25.7 Å². The normalized spacial score (nSPS) is 13.7. The Balaban J connectivity index is 0.000000278. The summed E-state index contributed by atoms with van der Waals surface area (Å²) in [6, 6.07) is 12.9. The lowest BCUT2D eigenvalue weighted by molar-refractivity contribution is -0.384. The van der Waals surface area contributed by atoms with Gasteiger partial charge in [0.1, 0.15) is 0 Å². The zero-order valence-electron chi connectivity index (χ0n) is 16.3. The van der Waals surface area contributed by atoms with Crippen LogP contribution < -0.4 is 0 Å². The molecule has 1 fully saturated rings. The van der Waals surface area contributed by atoms with Crippen LogP contribution in [-0.2, 0) is 4.79 Å². The van der Waals surface area contributed by atoms with E-state index in [4.69, 9.17) is 10.5 Å². The molecule has 0 radical (unpaired) electrons. The number of para-hydroxylation sites is 1. The number of Topliss-reactive ketones (excluding diaryl/α,β-unsaturated/α-hetero) is 1. The zero-order chi connectivity index (χ0) is 21.4. The van der Waals surface area contributed by atoms with Crippen LogP contribution in [0.4, 0.5) is 5.69 Å². The molecule has 7 nitrogen and oxygen atoms in total. The fourth-order valence-corrected chi connectivity index (χ4v) is 3.24. The van der Waals surface area contributed by atoms with Gasteiger partial charge >= 0.3 is 5.97 Å². The van der Waals surface area contributed by atoms with Gasteiger partial charge in [-0.05, 0) is 31.4 Å². The number of nitro benzene ring substituents is 1. The number of nitro groups is 1. The zero-order valence-corrected chi connectivity index (χ0v) is 16.3. The van der Waals surface area contributed by atoms with Crippen molar-refractivity contribution in [1.82, 2.24) is 0 Å². The molecule has 2 aromatic rings. The summed E-state index contributed by atoms with van der Waals surface area (Å²) in [7, 11) is 0. The molecule has 2 aromatic carbocycles. The topological polar surface area (TPSA) is 121 Å². The van der Waals surface area contributed by atoms with Gasteiger partial charge in [0.2, 0.25) is 5.78 Å². The molecule has 0 aliphatic heterocycles. The van der Waals surface area contributed by atoms with Gasteiger partial charge < -0.3 is 10.5 Å². The van der Waals surface area contributed by atoms with E-state index >= 15 is 0 Å². The molecule has 29 heavy (non-hydrogen) atoms. The second-order valence-electron chi connectivity index (χ2n) is 6.98. The Kier molecular flexibility index (Phi) is 7.77. The smallest absolute Gasteiger partial charge is 0.306 e. The summed E-state index contributed by atoms with van der Waals surface area (Å²) in [5, 5.41) is 26.8. The summed E-state index contributed by atoms with van der Waals surface area (Å²) >= 11 is 0. The van der Waals surface area contributed by atoms with Crippen LogP contribution in [0.2, 0.25) is 0 Å². The van der Waals surface area contributed by atoms with Crippen molar-refractivity contribution < 1.29 is 19.6 Å². The highest BCUT2D eigenvalue weighted by Gasteiger charge is 2.19. The van der Waals surface area contributed by atoms with Crippen LogP contribution in [0, 0.1) is 21.4 Å². The Bertz CT molecular complexity index is 900. The molecule has 3 rings (SSSR count). The van der Waals surface area contributed by atoms with Crippen molar-refractivity contribution in [3.05, 3.63) is 64.2 Å². The molecule has 2 N–H and O–H groups in total. The summed E-state index contributed by atoms with van der Waals surface area (Å²) in [5.74, 6) is -0.979. The molecule has 0 spiro atoms. The molecular weight excluding hydrogens is 372 g/mol. The summed E-state index contributed by atoms with van der Waals surface area (Å²) < 4.78 is 0. The molecule has 1 aliphatic rings. The van der Waals surface area contributed by atoms with Crippen molar-refractivity contribution in [3.8, 4) is 11.1 Å². The maximum atomic E-state index is 11.6. The first-order valence-electron chi connectivity index (χ1n) is 9.47. The predicted molar refractivity (Wildman–Crippen MR) is 110 cm³/mol. The number of carboxylic acid groups (broad SMARTS) is 1. The minimum Gasteiger partial charge on any atom is -0.481 e. The van der Waals surface area contributed by atoms with E-state index in [2.05, 4.69) is 0 Å². The molecule has 1 saturated carbocycles. The van der Waals surface area contributed by atoms with Gasteiger partial charge in [-0.15, -0.1) is 0 Å². The molecule has 152 valence electrons. The Hall–Kier alpha value is -3.35. The van der Waals surface area contributed by atoms with E-state index in [1.807, 2.05) is 0 Å². The average molecular weight is 396 g/mol. The molecule has 0 saturated heterocycles. The lowest BCUT2D eigenvalue weighted by Gasteiger charge is -2.16. The molecule has 1 aliphatic carbocycles. The molecule has 0 atom stereocenters. The van der Waals surface area contributed by atoms with E-state index in [0.29, 0.717) is 16.7 Å². The van der Waals surface area contributed by atoms with Crippen LogP contribution in [0.1, 0.15) is 49.4 Å². The lowest BCUT2D eigenvalue weighted by Crippen LogP contribution is -2.16. The number of ketones is 1. The first-order valence-corrected chi connectivity index (χ1v) is 9.47. The molecule has 0 aromatic heterocycles. The number of carbonyl (C=O) groups excluding carboxylic acids is 1. The minimum absolute atomic E-state index is 0.0230. The molecule has 7 heteroatoms. The number of benzene rings is 2. The number of nitrogens with zero attached hydrogens (tertiary/aromatic N) is 1. The van der Waals surface area contributed by atoms with E-state index in [-0.39, 0.29) is 23.1 Å². The standard InChI is InChI=1S/C15H12N2O3.C7H12O2/c1-10(16)15(18)12-8-6-11(7-9-12)13-4-2-3-5-14(13)17(19)20;8-7(9)6-4-2-1-3-5-6/h2-9,16H,1H3;6H,1-5H2,(H,8,9).